The van der Waals surface area contributed by atoms with Crippen molar-refractivity contribution in [2.45, 2.75) is 33.4 Å². The number of amides is 1. The number of hydrogen-bond donors (Lipinski definition) is 2. The lowest BCUT2D eigenvalue weighted by atomic mass is 10.1. The Morgan fingerprint density at radius 2 is 1.95 bits per heavy atom. The molecule has 106 valence electrons. The Morgan fingerprint density at radius 1 is 1.26 bits per heavy atom. The van der Waals surface area contributed by atoms with Gasteiger partial charge in [-0.15, -0.1) is 0 Å². The van der Waals surface area contributed by atoms with Gasteiger partial charge in [0.15, 0.2) is 6.61 Å². The Hall–Kier alpha value is -1.55. The third-order valence-corrected chi connectivity index (χ3v) is 3.09. The molecule has 0 aliphatic heterocycles. The Bertz CT molecular complexity index is 405. The normalized spacial score (nSPS) is 12.3. The van der Waals surface area contributed by atoms with Crippen LogP contribution in [-0.4, -0.2) is 25.6 Å². The molecule has 0 aromatic heterocycles. The summed E-state index contributed by atoms with van der Waals surface area (Å²) in [5.74, 6) is 1.09. The van der Waals surface area contributed by atoms with Crippen LogP contribution in [0, 0.1) is 5.92 Å². The fourth-order valence-corrected chi connectivity index (χ4v) is 1.59. The van der Waals surface area contributed by atoms with Gasteiger partial charge < -0.3 is 15.4 Å². The van der Waals surface area contributed by atoms with E-state index < -0.39 is 0 Å². The van der Waals surface area contributed by atoms with Gasteiger partial charge in [0.05, 0.1) is 0 Å². The van der Waals surface area contributed by atoms with Crippen molar-refractivity contribution in [1.82, 2.24) is 10.6 Å². The molecular weight excluding hydrogens is 240 g/mol. The molecule has 0 fully saturated rings. The van der Waals surface area contributed by atoms with Gasteiger partial charge in [0.1, 0.15) is 5.75 Å². The number of rotatable bonds is 7. The van der Waals surface area contributed by atoms with Gasteiger partial charge in [-0.2, -0.15) is 0 Å². The van der Waals surface area contributed by atoms with E-state index in [0.29, 0.717) is 5.92 Å². The van der Waals surface area contributed by atoms with Gasteiger partial charge in [-0.25, -0.2) is 0 Å². The Balaban J connectivity index is 2.50. The minimum absolute atomic E-state index is 0.0534. The lowest BCUT2D eigenvalue weighted by Gasteiger charge is -2.18. The SMILES string of the molecule is CNCc1ccccc1OCC(=O)NC(C)C(C)C. The van der Waals surface area contributed by atoms with Crippen LogP contribution in [0.1, 0.15) is 26.3 Å². The molecule has 0 radical (unpaired) electrons. The second-order valence-electron chi connectivity index (χ2n) is 5.03. The number of nitrogens with one attached hydrogen (secondary N) is 2. The summed E-state index contributed by atoms with van der Waals surface area (Å²) in [5.41, 5.74) is 1.05. The topological polar surface area (TPSA) is 50.4 Å². The van der Waals surface area contributed by atoms with Crippen LogP contribution < -0.4 is 15.4 Å². The molecule has 0 saturated heterocycles. The van der Waals surface area contributed by atoms with Crippen molar-refractivity contribution in [3.63, 3.8) is 0 Å². The molecule has 0 bridgehead atoms. The van der Waals surface area contributed by atoms with E-state index in [4.69, 9.17) is 4.74 Å². The number of carbonyl (C=O) groups excluding carboxylic acids is 1. The lowest BCUT2D eigenvalue weighted by Crippen LogP contribution is -2.39. The number of benzene rings is 1. The van der Waals surface area contributed by atoms with Crippen LogP contribution in [0.3, 0.4) is 0 Å². The number of carbonyl (C=O) groups is 1. The van der Waals surface area contributed by atoms with Crippen molar-refractivity contribution in [2.24, 2.45) is 5.92 Å². The Labute approximate surface area is 115 Å². The summed E-state index contributed by atoms with van der Waals surface area (Å²) >= 11 is 0. The Kier molecular flexibility index (Phi) is 6.36. The van der Waals surface area contributed by atoms with Crippen LogP contribution >= 0.6 is 0 Å². The second-order valence-corrected chi connectivity index (χ2v) is 5.03. The zero-order valence-corrected chi connectivity index (χ0v) is 12.2. The molecular formula is C15H24N2O2. The summed E-state index contributed by atoms with van der Waals surface area (Å²) in [6.07, 6.45) is 0. The molecule has 1 atom stereocenters. The van der Waals surface area contributed by atoms with Gasteiger partial charge in [0, 0.05) is 18.2 Å². The molecule has 4 heteroatoms. The largest absolute Gasteiger partial charge is 0.483 e. The maximum absolute atomic E-state index is 11.7. The van der Waals surface area contributed by atoms with E-state index in [1.165, 1.54) is 0 Å². The smallest absolute Gasteiger partial charge is 0.258 e. The van der Waals surface area contributed by atoms with E-state index in [9.17, 15) is 4.79 Å². The molecule has 1 aromatic rings. The minimum Gasteiger partial charge on any atom is -0.483 e. The Morgan fingerprint density at radius 3 is 2.58 bits per heavy atom. The monoisotopic (exact) mass is 264 g/mol. The van der Waals surface area contributed by atoms with Gasteiger partial charge in [0.25, 0.3) is 5.91 Å². The fourth-order valence-electron chi connectivity index (χ4n) is 1.59. The molecule has 1 amide bonds. The lowest BCUT2D eigenvalue weighted by molar-refractivity contribution is -0.124. The molecule has 1 aromatic carbocycles. The highest BCUT2D eigenvalue weighted by atomic mass is 16.5. The van der Waals surface area contributed by atoms with Crippen molar-refractivity contribution < 1.29 is 9.53 Å². The van der Waals surface area contributed by atoms with Crippen LogP contribution in [0.4, 0.5) is 0 Å². The zero-order chi connectivity index (χ0) is 14.3. The third kappa shape index (κ3) is 5.30. The van der Waals surface area contributed by atoms with E-state index in [1.807, 2.05) is 38.2 Å². The van der Waals surface area contributed by atoms with Gasteiger partial charge in [-0.3, -0.25) is 4.79 Å². The quantitative estimate of drug-likeness (QED) is 0.791. The molecule has 0 aliphatic carbocycles. The first kappa shape index (κ1) is 15.5. The van der Waals surface area contributed by atoms with E-state index in [2.05, 4.69) is 24.5 Å². The summed E-state index contributed by atoms with van der Waals surface area (Å²) in [6, 6.07) is 7.89. The van der Waals surface area contributed by atoms with E-state index in [0.717, 1.165) is 17.9 Å². The molecule has 1 unspecified atom stereocenters. The van der Waals surface area contributed by atoms with Crippen molar-refractivity contribution in [1.29, 1.82) is 0 Å². The highest BCUT2D eigenvalue weighted by Crippen LogP contribution is 2.17. The van der Waals surface area contributed by atoms with Crippen LogP contribution in [0.5, 0.6) is 5.75 Å². The van der Waals surface area contributed by atoms with Crippen LogP contribution in [0.2, 0.25) is 0 Å². The maximum Gasteiger partial charge on any atom is 0.258 e. The highest BCUT2D eigenvalue weighted by molar-refractivity contribution is 5.77. The second kappa shape index (κ2) is 7.79. The van der Waals surface area contributed by atoms with Crippen molar-refractivity contribution in [2.75, 3.05) is 13.7 Å². The maximum atomic E-state index is 11.7. The van der Waals surface area contributed by atoms with Gasteiger partial charge in [-0.05, 0) is 26.0 Å². The van der Waals surface area contributed by atoms with Crippen molar-refractivity contribution in [3.05, 3.63) is 29.8 Å². The molecule has 1 rings (SSSR count). The number of para-hydroxylation sites is 1. The van der Waals surface area contributed by atoms with E-state index >= 15 is 0 Å². The molecule has 0 saturated carbocycles. The van der Waals surface area contributed by atoms with Gasteiger partial charge in [-0.1, -0.05) is 32.0 Å². The van der Waals surface area contributed by atoms with E-state index in [-0.39, 0.29) is 18.6 Å². The highest BCUT2D eigenvalue weighted by Gasteiger charge is 2.11. The molecule has 4 nitrogen and oxygen atoms in total. The van der Waals surface area contributed by atoms with Gasteiger partial charge >= 0.3 is 0 Å². The summed E-state index contributed by atoms with van der Waals surface area (Å²) in [6.45, 7) is 6.93. The predicted molar refractivity (Wildman–Crippen MR) is 77.1 cm³/mol. The van der Waals surface area contributed by atoms with Crippen LogP contribution in [0.25, 0.3) is 0 Å². The third-order valence-electron chi connectivity index (χ3n) is 3.09. The standard InChI is InChI=1S/C15H24N2O2/c1-11(2)12(3)17-15(18)10-19-14-8-6-5-7-13(14)9-16-4/h5-8,11-12,16H,9-10H2,1-4H3,(H,17,18). The van der Waals surface area contributed by atoms with Gasteiger partial charge in [0.2, 0.25) is 0 Å². The average molecular weight is 264 g/mol. The first-order valence-corrected chi connectivity index (χ1v) is 6.69. The molecule has 2 N–H and O–H groups in total. The van der Waals surface area contributed by atoms with Crippen LogP contribution in [-0.2, 0) is 11.3 Å². The minimum atomic E-state index is -0.0829. The summed E-state index contributed by atoms with van der Waals surface area (Å²) in [5, 5.41) is 6.00. The number of ether oxygens (including phenoxy) is 1. The van der Waals surface area contributed by atoms with E-state index in [1.54, 1.807) is 0 Å². The molecule has 0 heterocycles. The summed E-state index contributed by atoms with van der Waals surface area (Å²) < 4.78 is 5.58. The van der Waals surface area contributed by atoms with Crippen LogP contribution in [0.15, 0.2) is 24.3 Å². The first-order valence-electron chi connectivity index (χ1n) is 6.69. The molecule has 0 aliphatic rings. The summed E-state index contributed by atoms with van der Waals surface area (Å²) in [4.78, 5) is 11.7. The fraction of sp³-hybridized carbons (Fsp3) is 0.533. The zero-order valence-electron chi connectivity index (χ0n) is 12.2. The first-order chi connectivity index (χ1) is 9.04. The number of hydrogen-bond acceptors (Lipinski definition) is 3. The predicted octanol–water partition coefficient (Wildman–Crippen LogP) is 1.95. The molecule has 19 heavy (non-hydrogen) atoms. The van der Waals surface area contributed by atoms with Crippen molar-refractivity contribution >= 4 is 5.91 Å². The summed E-state index contributed by atoms with van der Waals surface area (Å²) in [7, 11) is 1.88. The van der Waals surface area contributed by atoms with Crippen molar-refractivity contribution in [3.8, 4) is 5.75 Å². The average Bonchev–Trinajstić information content (AvgIpc) is 2.38. The molecule has 0 spiro atoms.